The van der Waals surface area contributed by atoms with Crippen molar-refractivity contribution in [1.29, 1.82) is 0 Å². The summed E-state index contributed by atoms with van der Waals surface area (Å²) in [5.41, 5.74) is 2.69. The zero-order valence-electron chi connectivity index (χ0n) is 17.1. The molecule has 0 aliphatic rings. The van der Waals surface area contributed by atoms with Crippen molar-refractivity contribution < 1.29 is 19.4 Å². The van der Waals surface area contributed by atoms with Gasteiger partial charge in [-0.25, -0.2) is 4.98 Å². The maximum atomic E-state index is 12.2. The van der Waals surface area contributed by atoms with Gasteiger partial charge in [0.05, 0.1) is 24.3 Å². The lowest BCUT2D eigenvalue weighted by Gasteiger charge is -2.13. The van der Waals surface area contributed by atoms with Crippen LogP contribution in [0, 0.1) is 6.92 Å². The Morgan fingerprint density at radius 3 is 2.83 bits per heavy atom. The normalized spacial score (nSPS) is 11.7. The van der Waals surface area contributed by atoms with Gasteiger partial charge < -0.3 is 19.9 Å². The first-order valence-corrected chi connectivity index (χ1v) is 10.7. The fourth-order valence-corrected chi connectivity index (χ4v) is 3.70. The standard InChI is InChI=1S/C23H26N2O4S/c1-3-28-21-10-5-4-9-20(21)23-25-17(15-30-23)12-22(27)24-13-18(26)14-29-19-8-6-7-16(2)11-19/h4-11,15,18,26H,3,12-14H2,1-2H3,(H,24,27). The number of thiazole rings is 1. The number of aromatic nitrogens is 1. The minimum Gasteiger partial charge on any atom is -0.493 e. The number of nitrogens with zero attached hydrogens (tertiary/aromatic N) is 1. The van der Waals surface area contributed by atoms with Crippen LogP contribution >= 0.6 is 11.3 Å². The van der Waals surface area contributed by atoms with Gasteiger partial charge in [-0.05, 0) is 43.7 Å². The number of benzene rings is 2. The number of aliphatic hydroxyl groups is 1. The number of nitrogens with one attached hydrogen (secondary N) is 1. The summed E-state index contributed by atoms with van der Waals surface area (Å²) >= 11 is 1.48. The van der Waals surface area contributed by atoms with Gasteiger partial charge in [-0.1, -0.05) is 24.3 Å². The van der Waals surface area contributed by atoms with Gasteiger partial charge in [0.25, 0.3) is 0 Å². The maximum absolute atomic E-state index is 12.2. The minimum atomic E-state index is -0.793. The number of para-hydroxylation sites is 1. The van der Waals surface area contributed by atoms with E-state index in [1.165, 1.54) is 11.3 Å². The van der Waals surface area contributed by atoms with Crippen molar-refractivity contribution in [3.63, 3.8) is 0 Å². The van der Waals surface area contributed by atoms with Crippen molar-refractivity contribution in [1.82, 2.24) is 10.3 Å². The van der Waals surface area contributed by atoms with Gasteiger partial charge in [0.2, 0.25) is 5.91 Å². The average molecular weight is 427 g/mol. The molecule has 30 heavy (non-hydrogen) atoms. The Balaban J connectivity index is 1.47. The Bertz CT molecular complexity index is 973. The third kappa shape index (κ3) is 6.30. The summed E-state index contributed by atoms with van der Waals surface area (Å²) in [6.07, 6.45) is -0.641. The largest absolute Gasteiger partial charge is 0.493 e. The van der Waals surface area contributed by atoms with Crippen LogP contribution in [0.2, 0.25) is 0 Å². The number of amides is 1. The summed E-state index contributed by atoms with van der Waals surface area (Å²) in [5.74, 6) is 1.28. The van der Waals surface area contributed by atoms with Gasteiger partial charge in [-0.3, -0.25) is 4.79 Å². The second-order valence-electron chi connectivity index (χ2n) is 6.84. The van der Waals surface area contributed by atoms with Crippen LogP contribution in [-0.2, 0) is 11.2 Å². The zero-order valence-corrected chi connectivity index (χ0v) is 17.9. The van der Waals surface area contributed by atoms with Gasteiger partial charge in [0.15, 0.2) is 0 Å². The molecule has 1 aromatic heterocycles. The molecule has 7 heteroatoms. The van der Waals surface area contributed by atoms with Crippen molar-refractivity contribution >= 4 is 17.2 Å². The highest BCUT2D eigenvalue weighted by Crippen LogP contribution is 2.32. The number of aryl methyl sites for hydroxylation is 1. The Hall–Kier alpha value is -2.90. The molecule has 158 valence electrons. The first-order chi connectivity index (χ1) is 14.5. The summed E-state index contributed by atoms with van der Waals surface area (Å²) in [5, 5.41) is 15.5. The van der Waals surface area contributed by atoms with E-state index >= 15 is 0 Å². The molecule has 0 fully saturated rings. The molecular formula is C23H26N2O4S. The van der Waals surface area contributed by atoms with Crippen molar-refractivity contribution in [2.45, 2.75) is 26.4 Å². The lowest BCUT2D eigenvalue weighted by Crippen LogP contribution is -2.36. The lowest BCUT2D eigenvalue weighted by molar-refractivity contribution is -0.121. The van der Waals surface area contributed by atoms with Gasteiger partial charge in [-0.2, -0.15) is 0 Å². The molecule has 0 aliphatic heterocycles. The van der Waals surface area contributed by atoms with Crippen LogP contribution in [0.25, 0.3) is 10.6 Å². The van der Waals surface area contributed by atoms with E-state index in [9.17, 15) is 9.90 Å². The Labute approximate surface area is 180 Å². The monoisotopic (exact) mass is 426 g/mol. The molecule has 0 saturated heterocycles. The van der Waals surface area contributed by atoms with E-state index in [1.54, 1.807) is 0 Å². The van der Waals surface area contributed by atoms with E-state index in [2.05, 4.69) is 10.3 Å². The molecule has 6 nitrogen and oxygen atoms in total. The SMILES string of the molecule is CCOc1ccccc1-c1nc(CC(=O)NCC(O)COc2cccc(C)c2)cs1. The molecule has 0 aliphatic carbocycles. The average Bonchev–Trinajstić information content (AvgIpc) is 3.19. The van der Waals surface area contributed by atoms with E-state index in [1.807, 2.05) is 67.8 Å². The summed E-state index contributed by atoms with van der Waals surface area (Å²) in [7, 11) is 0. The van der Waals surface area contributed by atoms with E-state index in [-0.39, 0.29) is 25.5 Å². The number of aliphatic hydroxyl groups excluding tert-OH is 1. The maximum Gasteiger partial charge on any atom is 0.226 e. The smallest absolute Gasteiger partial charge is 0.226 e. The second-order valence-corrected chi connectivity index (χ2v) is 7.69. The third-order valence-electron chi connectivity index (χ3n) is 4.28. The van der Waals surface area contributed by atoms with Crippen molar-refractivity contribution in [2.75, 3.05) is 19.8 Å². The first kappa shape index (κ1) is 21.8. The van der Waals surface area contributed by atoms with E-state index < -0.39 is 6.10 Å². The molecule has 1 amide bonds. The van der Waals surface area contributed by atoms with Crippen LogP contribution in [0.5, 0.6) is 11.5 Å². The van der Waals surface area contributed by atoms with Gasteiger partial charge in [0.1, 0.15) is 29.2 Å². The predicted octanol–water partition coefficient (Wildman–Crippen LogP) is 3.62. The third-order valence-corrected chi connectivity index (χ3v) is 5.20. The summed E-state index contributed by atoms with van der Waals surface area (Å²) < 4.78 is 11.2. The number of carbonyl (C=O) groups excluding carboxylic acids is 1. The molecule has 0 saturated carbocycles. The second kappa shape index (κ2) is 10.8. The Morgan fingerprint density at radius 1 is 1.20 bits per heavy atom. The molecule has 3 aromatic rings. The Kier molecular flexibility index (Phi) is 7.82. The number of ether oxygens (including phenoxy) is 2. The predicted molar refractivity (Wildman–Crippen MR) is 118 cm³/mol. The van der Waals surface area contributed by atoms with Crippen molar-refractivity contribution in [3.8, 4) is 22.1 Å². The molecular weight excluding hydrogens is 400 g/mol. The molecule has 2 N–H and O–H groups in total. The molecule has 1 atom stereocenters. The van der Waals surface area contributed by atoms with Crippen LogP contribution in [0.3, 0.4) is 0 Å². The van der Waals surface area contributed by atoms with Crippen LogP contribution in [0.4, 0.5) is 0 Å². The molecule has 2 aromatic carbocycles. The van der Waals surface area contributed by atoms with E-state index in [4.69, 9.17) is 9.47 Å². The lowest BCUT2D eigenvalue weighted by atomic mass is 10.2. The summed E-state index contributed by atoms with van der Waals surface area (Å²) in [4.78, 5) is 16.8. The number of rotatable bonds is 10. The highest BCUT2D eigenvalue weighted by atomic mass is 32.1. The van der Waals surface area contributed by atoms with Crippen LogP contribution in [0.1, 0.15) is 18.2 Å². The summed E-state index contributed by atoms with van der Waals surface area (Å²) in [6, 6.07) is 15.3. The van der Waals surface area contributed by atoms with Crippen LogP contribution in [-0.4, -0.2) is 41.9 Å². The highest BCUT2D eigenvalue weighted by Gasteiger charge is 2.13. The fraction of sp³-hybridized carbons (Fsp3) is 0.304. The first-order valence-electron chi connectivity index (χ1n) is 9.86. The summed E-state index contributed by atoms with van der Waals surface area (Å²) in [6.45, 7) is 4.72. The van der Waals surface area contributed by atoms with Crippen LogP contribution in [0.15, 0.2) is 53.9 Å². The van der Waals surface area contributed by atoms with Crippen molar-refractivity contribution in [2.24, 2.45) is 0 Å². The molecule has 0 radical (unpaired) electrons. The number of hydrogen-bond donors (Lipinski definition) is 2. The molecule has 1 heterocycles. The van der Waals surface area contributed by atoms with Gasteiger partial charge >= 0.3 is 0 Å². The zero-order chi connectivity index (χ0) is 21.3. The number of hydrogen-bond acceptors (Lipinski definition) is 6. The Morgan fingerprint density at radius 2 is 2.03 bits per heavy atom. The van der Waals surface area contributed by atoms with E-state index in [0.717, 1.165) is 21.9 Å². The van der Waals surface area contributed by atoms with Crippen molar-refractivity contribution in [3.05, 3.63) is 65.2 Å². The fourth-order valence-electron chi connectivity index (χ4n) is 2.85. The molecule has 0 bridgehead atoms. The van der Waals surface area contributed by atoms with Gasteiger partial charge in [0, 0.05) is 11.9 Å². The topological polar surface area (TPSA) is 80.7 Å². The molecule has 1 unspecified atom stereocenters. The molecule has 3 rings (SSSR count). The minimum absolute atomic E-state index is 0.110. The highest BCUT2D eigenvalue weighted by molar-refractivity contribution is 7.13. The van der Waals surface area contributed by atoms with Gasteiger partial charge in [-0.15, -0.1) is 11.3 Å². The number of carbonyl (C=O) groups is 1. The van der Waals surface area contributed by atoms with E-state index in [0.29, 0.717) is 18.1 Å². The molecule has 0 spiro atoms. The quantitative estimate of drug-likeness (QED) is 0.518. The van der Waals surface area contributed by atoms with Crippen LogP contribution < -0.4 is 14.8 Å².